The molecule has 0 aliphatic heterocycles. The molecule has 0 saturated heterocycles. The summed E-state index contributed by atoms with van der Waals surface area (Å²) in [6, 6.07) is 11.5. The van der Waals surface area contributed by atoms with Crippen molar-refractivity contribution in [3.63, 3.8) is 0 Å². The first-order chi connectivity index (χ1) is 13.5. The van der Waals surface area contributed by atoms with E-state index in [1.165, 1.54) is 12.1 Å². The number of aryl methyl sites for hydroxylation is 1. The fraction of sp³-hybridized carbons (Fsp3) is 0.286. The largest absolute Gasteiger partial charge is 0.351 e. The van der Waals surface area contributed by atoms with Gasteiger partial charge in [0.2, 0.25) is 5.91 Å². The van der Waals surface area contributed by atoms with E-state index in [2.05, 4.69) is 15.6 Å². The minimum atomic E-state index is -0.541. The lowest BCUT2D eigenvalue weighted by atomic mass is 10.2. The molecular formula is C21H23FN4O2. The fourth-order valence-corrected chi connectivity index (χ4v) is 3.03. The van der Waals surface area contributed by atoms with E-state index in [0.717, 1.165) is 23.3 Å². The van der Waals surface area contributed by atoms with Crippen molar-refractivity contribution in [1.29, 1.82) is 0 Å². The Bertz CT molecular complexity index is 1010. The van der Waals surface area contributed by atoms with E-state index in [1.54, 1.807) is 12.1 Å². The molecule has 3 rings (SSSR count). The molecule has 2 N–H and O–H groups in total. The molecule has 0 bridgehead atoms. The second-order valence-electron chi connectivity index (χ2n) is 6.57. The van der Waals surface area contributed by atoms with Crippen LogP contribution >= 0.6 is 0 Å². The van der Waals surface area contributed by atoms with Crippen LogP contribution in [0.1, 0.15) is 35.9 Å². The number of carbonyl (C=O) groups is 2. The quantitative estimate of drug-likeness (QED) is 0.657. The number of fused-ring (bicyclic) bond motifs is 1. The van der Waals surface area contributed by atoms with E-state index in [9.17, 15) is 14.0 Å². The van der Waals surface area contributed by atoms with Crippen molar-refractivity contribution in [1.82, 2.24) is 14.9 Å². The molecule has 0 saturated carbocycles. The molecule has 28 heavy (non-hydrogen) atoms. The molecular weight excluding hydrogens is 359 g/mol. The van der Waals surface area contributed by atoms with Gasteiger partial charge in [-0.15, -0.1) is 0 Å². The molecule has 0 aliphatic carbocycles. The third-order valence-corrected chi connectivity index (χ3v) is 4.49. The lowest BCUT2D eigenvalue weighted by Crippen LogP contribution is -2.27. The highest BCUT2D eigenvalue weighted by atomic mass is 19.1. The van der Waals surface area contributed by atoms with Crippen LogP contribution in [-0.4, -0.2) is 27.9 Å². The molecule has 7 heteroatoms. The Morgan fingerprint density at radius 3 is 2.71 bits per heavy atom. The van der Waals surface area contributed by atoms with Crippen molar-refractivity contribution >= 4 is 28.5 Å². The van der Waals surface area contributed by atoms with E-state index in [-0.39, 0.29) is 11.5 Å². The molecule has 0 unspecified atom stereocenters. The lowest BCUT2D eigenvalue weighted by molar-refractivity contribution is -0.116. The Morgan fingerprint density at radius 1 is 1.18 bits per heavy atom. The number of benzene rings is 2. The maximum absolute atomic E-state index is 13.7. The molecule has 1 heterocycles. The van der Waals surface area contributed by atoms with Gasteiger partial charge in [-0.1, -0.05) is 19.1 Å². The summed E-state index contributed by atoms with van der Waals surface area (Å²) in [6.07, 6.45) is 1.77. The van der Waals surface area contributed by atoms with Gasteiger partial charge in [0.15, 0.2) is 0 Å². The van der Waals surface area contributed by atoms with Crippen molar-refractivity contribution in [3.8, 4) is 0 Å². The number of hydrogen-bond acceptors (Lipinski definition) is 3. The molecule has 2 amide bonds. The van der Waals surface area contributed by atoms with Gasteiger partial charge in [-0.25, -0.2) is 9.37 Å². The predicted molar refractivity (Wildman–Crippen MR) is 107 cm³/mol. The molecule has 0 spiro atoms. The molecule has 0 fully saturated rings. The highest BCUT2D eigenvalue weighted by Crippen LogP contribution is 2.20. The van der Waals surface area contributed by atoms with Crippen LogP contribution in [0.5, 0.6) is 0 Å². The summed E-state index contributed by atoms with van der Waals surface area (Å²) in [5, 5.41) is 5.59. The Kier molecular flexibility index (Phi) is 6.03. The smallest absolute Gasteiger partial charge is 0.254 e. The van der Waals surface area contributed by atoms with Gasteiger partial charge >= 0.3 is 0 Å². The third-order valence-electron chi connectivity index (χ3n) is 4.49. The van der Waals surface area contributed by atoms with E-state index in [1.807, 2.05) is 36.7 Å². The minimum absolute atomic E-state index is 0.0196. The van der Waals surface area contributed by atoms with Gasteiger partial charge in [0.1, 0.15) is 11.6 Å². The van der Waals surface area contributed by atoms with Crippen LogP contribution in [0.25, 0.3) is 11.0 Å². The van der Waals surface area contributed by atoms with Crippen LogP contribution in [0.4, 0.5) is 10.1 Å². The average Bonchev–Trinajstić information content (AvgIpc) is 2.97. The number of anilines is 1. The first-order valence-electron chi connectivity index (χ1n) is 9.27. The summed E-state index contributed by atoms with van der Waals surface area (Å²) in [5.74, 6) is -0.215. The monoisotopic (exact) mass is 382 g/mol. The highest BCUT2D eigenvalue weighted by molar-refractivity contribution is 5.94. The minimum Gasteiger partial charge on any atom is -0.351 e. The summed E-state index contributed by atoms with van der Waals surface area (Å²) in [4.78, 5) is 28.5. The van der Waals surface area contributed by atoms with Crippen molar-refractivity contribution in [2.75, 3.05) is 11.9 Å². The van der Waals surface area contributed by atoms with Gasteiger partial charge < -0.3 is 15.2 Å². The second-order valence-corrected chi connectivity index (χ2v) is 6.57. The maximum Gasteiger partial charge on any atom is 0.254 e. The SMILES string of the molecule is CCCC(=O)Nc1ccc2c(c1)nc(CCNC(=O)c1ccccc1F)n2C. The summed E-state index contributed by atoms with van der Waals surface area (Å²) < 4.78 is 15.6. The fourth-order valence-electron chi connectivity index (χ4n) is 3.03. The Morgan fingerprint density at radius 2 is 1.96 bits per heavy atom. The zero-order valence-corrected chi connectivity index (χ0v) is 16.0. The number of hydrogen-bond donors (Lipinski definition) is 2. The van der Waals surface area contributed by atoms with Gasteiger partial charge in [-0.2, -0.15) is 0 Å². The number of carbonyl (C=O) groups excluding carboxylic acids is 2. The van der Waals surface area contributed by atoms with Crippen molar-refractivity contribution in [2.24, 2.45) is 7.05 Å². The topological polar surface area (TPSA) is 76.0 Å². The van der Waals surface area contributed by atoms with Gasteiger partial charge in [0.05, 0.1) is 16.6 Å². The Balaban J connectivity index is 1.66. The number of nitrogens with one attached hydrogen (secondary N) is 2. The first kappa shape index (κ1) is 19.5. The molecule has 6 nitrogen and oxygen atoms in total. The van der Waals surface area contributed by atoms with Crippen LogP contribution in [0.15, 0.2) is 42.5 Å². The van der Waals surface area contributed by atoms with Gasteiger partial charge in [0, 0.05) is 32.1 Å². The first-order valence-corrected chi connectivity index (χ1v) is 9.27. The number of halogens is 1. The zero-order chi connectivity index (χ0) is 20.1. The van der Waals surface area contributed by atoms with Crippen LogP contribution in [0, 0.1) is 5.82 Å². The van der Waals surface area contributed by atoms with Crippen LogP contribution in [0.2, 0.25) is 0 Å². The molecule has 0 radical (unpaired) electrons. The van der Waals surface area contributed by atoms with Gasteiger partial charge in [-0.05, 0) is 36.8 Å². The summed E-state index contributed by atoms with van der Waals surface area (Å²) in [6.45, 7) is 2.29. The third kappa shape index (κ3) is 4.36. The normalized spacial score (nSPS) is 10.8. The van der Waals surface area contributed by atoms with Crippen molar-refractivity contribution in [2.45, 2.75) is 26.2 Å². The van der Waals surface area contributed by atoms with Crippen molar-refractivity contribution < 1.29 is 14.0 Å². The Hall–Kier alpha value is -3.22. The molecule has 3 aromatic rings. The average molecular weight is 382 g/mol. The molecule has 1 aromatic heterocycles. The van der Waals surface area contributed by atoms with Gasteiger partial charge in [-0.3, -0.25) is 9.59 Å². The van der Waals surface area contributed by atoms with Crippen LogP contribution < -0.4 is 10.6 Å². The number of rotatable bonds is 7. The molecule has 0 atom stereocenters. The molecule has 2 aromatic carbocycles. The van der Waals surface area contributed by atoms with E-state index >= 15 is 0 Å². The molecule has 146 valence electrons. The highest BCUT2D eigenvalue weighted by Gasteiger charge is 2.12. The summed E-state index contributed by atoms with van der Waals surface area (Å²) in [5.41, 5.74) is 2.44. The van der Waals surface area contributed by atoms with Gasteiger partial charge in [0.25, 0.3) is 5.91 Å². The number of imidazole rings is 1. The molecule has 0 aliphatic rings. The van der Waals surface area contributed by atoms with E-state index < -0.39 is 11.7 Å². The summed E-state index contributed by atoms with van der Waals surface area (Å²) >= 11 is 0. The van der Waals surface area contributed by atoms with E-state index in [0.29, 0.717) is 25.1 Å². The number of amides is 2. The van der Waals surface area contributed by atoms with Crippen LogP contribution in [0.3, 0.4) is 0 Å². The maximum atomic E-state index is 13.7. The Labute approximate surface area is 162 Å². The second kappa shape index (κ2) is 8.65. The number of nitrogens with zero attached hydrogens (tertiary/aromatic N) is 2. The summed E-state index contributed by atoms with van der Waals surface area (Å²) in [7, 11) is 1.90. The van der Waals surface area contributed by atoms with E-state index in [4.69, 9.17) is 0 Å². The number of aromatic nitrogens is 2. The zero-order valence-electron chi connectivity index (χ0n) is 16.0. The van der Waals surface area contributed by atoms with Crippen LogP contribution in [-0.2, 0) is 18.3 Å². The lowest BCUT2D eigenvalue weighted by Gasteiger charge is -2.06. The standard InChI is InChI=1S/C21H23FN4O2/c1-3-6-20(27)24-14-9-10-18-17(13-14)25-19(26(18)2)11-12-23-21(28)15-7-4-5-8-16(15)22/h4-5,7-10,13H,3,6,11-12H2,1-2H3,(H,23,28)(H,24,27). The van der Waals surface area contributed by atoms with Crippen molar-refractivity contribution in [3.05, 3.63) is 59.7 Å². The predicted octanol–water partition coefficient (Wildman–Crippen LogP) is 3.42.